The fourth-order valence-corrected chi connectivity index (χ4v) is 3.85. The Kier molecular flexibility index (Phi) is 6.65. The zero-order valence-corrected chi connectivity index (χ0v) is 19.8. The molecule has 0 aliphatic carbocycles. The molecule has 1 aliphatic heterocycles. The van der Waals surface area contributed by atoms with E-state index in [9.17, 15) is 9.18 Å². The number of hydrogen-bond donors (Lipinski definition) is 0. The molecule has 3 aromatic carbocycles. The van der Waals surface area contributed by atoms with Crippen molar-refractivity contribution >= 4 is 23.5 Å². The summed E-state index contributed by atoms with van der Waals surface area (Å²) in [4.78, 5) is 13.0. The van der Waals surface area contributed by atoms with Gasteiger partial charge in [-0.05, 0) is 43.3 Å². The van der Waals surface area contributed by atoms with Gasteiger partial charge in [-0.3, -0.25) is 4.79 Å². The smallest absolute Gasteiger partial charge is 0.231 e. The van der Waals surface area contributed by atoms with E-state index < -0.39 is 5.82 Å². The molecule has 0 bridgehead atoms. The minimum atomic E-state index is -0.417. The summed E-state index contributed by atoms with van der Waals surface area (Å²) < 4.78 is 41.2. The molecule has 6 nitrogen and oxygen atoms in total. The maximum atomic E-state index is 13.3. The number of ketones is 1. The molecule has 0 aromatic heterocycles. The van der Waals surface area contributed by atoms with Crippen molar-refractivity contribution in [2.24, 2.45) is 0 Å². The van der Waals surface area contributed by atoms with E-state index in [0.717, 1.165) is 0 Å². The van der Waals surface area contributed by atoms with Crippen molar-refractivity contribution in [3.63, 3.8) is 0 Å². The Morgan fingerprint density at radius 2 is 1.65 bits per heavy atom. The van der Waals surface area contributed by atoms with Gasteiger partial charge in [-0.2, -0.15) is 0 Å². The first-order valence-corrected chi connectivity index (χ1v) is 10.7. The fourth-order valence-electron chi connectivity index (χ4n) is 3.63. The summed E-state index contributed by atoms with van der Waals surface area (Å²) in [5.41, 5.74) is 2.32. The number of allylic oxidation sites excluding steroid dienone is 1. The summed E-state index contributed by atoms with van der Waals surface area (Å²) in [6, 6.07) is 10.9. The van der Waals surface area contributed by atoms with Gasteiger partial charge >= 0.3 is 0 Å². The third kappa shape index (κ3) is 4.39. The van der Waals surface area contributed by atoms with E-state index >= 15 is 0 Å². The van der Waals surface area contributed by atoms with E-state index in [4.69, 9.17) is 35.3 Å². The third-order valence-corrected chi connectivity index (χ3v) is 5.81. The lowest BCUT2D eigenvalue weighted by atomic mass is 10.1. The molecule has 3 aromatic rings. The molecule has 0 saturated carbocycles. The largest absolute Gasteiger partial charge is 0.496 e. The van der Waals surface area contributed by atoms with Crippen LogP contribution in [0.15, 0.2) is 48.2 Å². The number of rotatable bonds is 7. The van der Waals surface area contributed by atoms with Crippen LogP contribution in [0.2, 0.25) is 5.02 Å². The van der Waals surface area contributed by atoms with Crippen LogP contribution in [-0.4, -0.2) is 27.1 Å². The highest BCUT2D eigenvalue weighted by molar-refractivity contribution is 6.31. The number of methoxy groups -OCH3 is 3. The maximum absolute atomic E-state index is 13.3. The summed E-state index contributed by atoms with van der Waals surface area (Å²) >= 11 is 6.09. The third-order valence-electron chi connectivity index (χ3n) is 5.46. The topological polar surface area (TPSA) is 63.2 Å². The molecule has 0 unspecified atom stereocenters. The van der Waals surface area contributed by atoms with Crippen LogP contribution in [0.25, 0.3) is 6.08 Å². The van der Waals surface area contributed by atoms with Crippen LogP contribution in [-0.2, 0) is 6.61 Å². The summed E-state index contributed by atoms with van der Waals surface area (Å²) in [6.45, 7) is 1.94. The van der Waals surface area contributed by atoms with Gasteiger partial charge < -0.3 is 23.7 Å². The summed E-state index contributed by atoms with van der Waals surface area (Å²) in [7, 11) is 4.58. The van der Waals surface area contributed by atoms with Crippen molar-refractivity contribution < 1.29 is 32.9 Å². The lowest BCUT2D eigenvalue weighted by Gasteiger charge is -2.13. The lowest BCUT2D eigenvalue weighted by Crippen LogP contribution is -2.00. The van der Waals surface area contributed by atoms with Gasteiger partial charge in [-0.25, -0.2) is 4.39 Å². The van der Waals surface area contributed by atoms with E-state index in [1.165, 1.54) is 33.5 Å². The van der Waals surface area contributed by atoms with E-state index in [-0.39, 0.29) is 23.2 Å². The molecule has 0 amide bonds. The summed E-state index contributed by atoms with van der Waals surface area (Å²) in [5.74, 6) is 1.89. The average molecular weight is 485 g/mol. The van der Waals surface area contributed by atoms with E-state index in [2.05, 4.69) is 0 Å². The van der Waals surface area contributed by atoms with Gasteiger partial charge in [0.2, 0.25) is 5.78 Å². The summed E-state index contributed by atoms with van der Waals surface area (Å²) in [5, 5.41) is 0.277. The Bertz CT molecular complexity index is 1300. The van der Waals surface area contributed by atoms with Gasteiger partial charge in [0, 0.05) is 22.8 Å². The van der Waals surface area contributed by atoms with Crippen molar-refractivity contribution in [2.45, 2.75) is 13.5 Å². The quantitative estimate of drug-likeness (QED) is 0.383. The number of carbonyl (C=O) groups excluding carboxylic acids is 1. The molecule has 0 saturated heterocycles. The number of carbonyl (C=O) groups is 1. The van der Waals surface area contributed by atoms with Gasteiger partial charge in [-0.1, -0.05) is 17.7 Å². The van der Waals surface area contributed by atoms with Crippen LogP contribution in [0.1, 0.15) is 27.0 Å². The minimum absolute atomic E-state index is 0.137. The van der Waals surface area contributed by atoms with Gasteiger partial charge in [-0.15, -0.1) is 0 Å². The standard InChI is InChI=1S/C26H22ClFO6/c1-14-20(33-13-15-5-6-17(28)11-19(15)27)8-7-18-25(29)24(34-26(14)18)10-16-9-22(31-3)23(32-4)12-21(16)30-2/h5-12H,13H2,1-4H3/b24-10-. The number of halogens is 2. The van der Waals surface area contributed by atoms with Gasteiger partial charge in [0.25, 0.3) is 0 Å². The molecule has 1 aliphatic rings. The average Bonchev–Trinajstić information content (AvgIpc) is 3.15. The molecule has 0 fully saturated rings. The van der Waals surface area contributed by atoms with Crippen LogP contribution in [0.4, 0.5) is 4.39 Å². The monoisotopic (exact) mass is 484 g/mol. The molecule has 0 spiro atoms. The second-order valence-corrected chi connectivity index (χ2v) is 7.89. The van der Waals surface area contributed by atoms with Crippen LogP contribution >= 0.6 is 11.6 Å². The first-order chi connectivity index (χ1) is 16.4. The lowest BCUT2D eigenvalue weighted by molar-refractivity contribution is 0.101. The SMILES string of the molecule is COc1cc(OC)c(OC)cc1/C=C1\Oc2c(ccc(OCc3ccc(F)cc3Cl)c2C)C1=O. The molecule has 34 heavy (non-hydrogen) atoms. The van der Waals surface area contributed by atoms with E-state index in [0.29, 0.717) is 51.0 Å². The molecule has 176 valence electrons. The van der Waals surface area contributed by atoms with Crippen molar-refractivity contribution in [2.75, 3.05) is 21.3 Å². The Balaban J connectivity index is 1.62. The van der Waals surface area contributed by atoms with E-state index in [1.54, 1.807) is 43.3 Å². The van der Waals surface area contributed by atoms with Crippen LogP contribution in [0.5, 0.6) is 28.7 Å². The number of fused-ring (bicyclic) bond motifs is 1. The van der Waals surface area contributed by atoms with Crippen LogP contribution in [0.3, 0.4) is 0 Å². The second-order valence-electron chi connectivity index (χ2n) is 7.48. The molecular formula is C26H22ClFO6. The normalized spacial score (nSPS) is 13.5. The Labute approximate surface area is 201 Å². The highest BCUT2D eigenvalue weighted by Gasteiger charge is 2.30. The minimum Gasteiger partial charge on any atom is -0.496 e. The summed E-state index contributed by atoms with van der Waals surface area (Å²) in [6.07, 6.45) is 1.60. The Morgan fingerprint density at radius 3 is 2.32 bits per heavy atom. The molecule has 0 N–H and O–H groups in total. The van der Waals surface area contributed by atoms with Crippen LogP contribution < -0.4 is 23.7 Å². The highest BCUT2D eigenvalue weighted by atomic mass is 35.5. The predicted octanol–water partition coefficient (Wildman–Crippen LogP) is 6.01. The second kappa shape index (κ2) is 9.65. The molecular weight excluding hydrogens is 463 g/mol. The highest BCUT2D eigenvalue weighted by Crippen LogP contribution is 2.41. The number of Topliss-reactive ketones (excluding diaryl/α,β-unsaturated/α-hetero) is 1. The van der Waals surface area contributed by atoms with Crippen molar-refractivity contribution in [1.29, 1.82) is 0 Å². The fraction of sp³-hybridized carbons (Fsp3) is 0.192. The number of hydrogen-bond acceptors (Lipinski definition) is 6. The van der Waals surface area contributed by atoms with Crippen molar-refractivity contribution in [3.05, 3.63) is 81.3 Å². The molecule has 1 heterocycles. The maximum Gasteiger partial charge on any atom is 0.231 e. The number of ether oxygens (including phenoxy) is 5. The van der Waals surface area contributed by atoms with Gasteiger partial charge in [0.05, 0.1) is 31.9 Å². The zero-order chi connectivity index (χ0) is 24.4. The van der Waals surface area contributed by atoms with Crippen molar-refractivity contribution in [1.82, 2.24) is 0 Å². The molecule has 0 radical (unpaired) electrons. The Morgan fingerprint density at radius 1 is 0.941 bits per heavy atom. The number of benzene rings is 3. The molecule has 8 heteroatoms. The first kappa shape index (κ1) is 23.4. The zero-order valence-electron chi connectivity index (χ0n) is 19.0. The van der Waals surface area contributed by atoms with Crippen LogP contribution in [0, 0.1) is 12.7 Å². The van der Waals surface area contributed by atoms with Gasteiger partial charge in [0.15, 0.2) is 17.3 Å². The van der Waals surface area contributed by atoms with E-state index in [1.807, 2.05) is 0 Å². The predicted molar refractivity (Wildman–Crippen MR) is 126 cm³/mol. The Hall–Kier alpha value is -3.71. The first-order valence-electron chi connectivity index (χ1n) is 10.3. The molecule has 4 rings (SSSR count). The van der Waals surface area contributed by atoms with Gasteiger partial charge in [0.1, 0.15) is 29.7 Å². The molecule has 0 atom stereocenters. The van der Waals surface area contributed by atoms with Crippen molar-refractivity contribution in [3.8, 4) is 28.7 Å².